The third-order valence-corrected chi connectivity index (χ3v) is 3.65. The smallest absolute Gasteiger partial charge is 0.0834 e. The van der Waals surface area contributed by atoms with Gasteiger partial charge in [0.15, 0.2) is 0 Å². The molecular weight excluding hydrogens is 248 g/mol. The van der Waals surface area contributed by atoms with Gasteiger partial charge in [0.05, 0.1) is 23.6 Å². The van der Waals surface area contributed by atoms with Crippen molar-refractivity contribution in [1.82, 2.24) is 20.1 Å². The van der Waals surface area contributed by atoms with Crippen molar-refractivity contribution in [2.24, 2.45) is 0 Å². The minimum atomic E-state index is 0.738. The second-order valence-corrected chi connectivity index (χ2v) is 5.25. The van der Waals surface area contributed by atoms with Gasteiger partial charge >= 0.3 is 0 Å². The van der Waals surface area contributed by atoms with Crippen LogP contribution in [-0.2, 0) is 13.1 Å². The van der Waals surface area contributed by atoms with Crippen LogP contribution in [0.2, 0.25) is 0 Å². The second kappa shape index (κ2) is 6.66. The Morgan fingerprint density at radius 2 is 1.90 bits per heavy atom. The molecule has 2 aromatic rings. The maximum atomic E-state index is 4.70. The molecule has 4 heteroatoms. The molecule has 2 rings (SSSR count). The van der Waals surface area contributed by atoms with E-state index in [9.17, 15) is 0 Å². The van der Waals surface area contributed by atoms with Crippen molar-refractivity contribution in [1.29, 1.82) is 0 Å². The molecule has 0 aliphatic heterocycles. The van der Waals surface area contributed by atoms with Crippen LogP contribution < -0.4 is 5.32 Å². The molecule has 0 aromatic carbocycles. The Balaban J connectivity index is 2.09. The zero-order chi connectivity index (χ0) is 14.5. The molecule has 0 bridgehead atoms. The third-order valence-electron chi connectivity index (χ3n) is 3.65. The first-order chi connectivity index (χ1) is 9.61. The zero-order valence-corrected chi connectivity index (χ0v) is 12.9. The van der Waals surface area contributed by atoms with Gasteiger partial charge in [-0.15, -0.1) is 0 Å². The Hall–Kier alpha value is -1.68. The molecular formula is C16H24N4. The maximum Gasteiger partial charge on any atom is 0.0834 e. The van der Waals surface area contributed by atoms with Crippen LogP contribution in [-0.4, -0.2) is 21.3 Å². The molecule has 0 spiro atoms. The lowest BCUT2D eigenvalue weighted by Crippen LogP contribution is -2.15. The summed E-state index contributed by atoms with van der Waals surface area (Å²) < 4.78 is 2.04. The van der Waals surface area contributed by atoms with Gasteiger partial charge in [-0.3, -0.25) is 9.67 Å². The fraction of sp³-hybridized carbons (Fsp3) is 0.500. The number of nitrogens with zero attached hydrogens (tertiary/aromatic N) is 3. The summed E-state index contributed by atoms with van der Waals surface area (Å²) in [6, 6.07) is 6.21. The second-order valence-electron chi connectivity index (χ2n) is 5.25. The predicted molar refractivity (Wildman–Crippen MR) is 81.8 cm³/mol. The fourth-order valence-corrected chi connectivity index (χ4v) is 2.20. The summed E-state index contributed by atoms with van der Waals surface area (Å²) in [6.07, 6.45) is 1.14. The number of pyridine rings is 1. The lowest BCUT2D eigenvalue weighted by Gasteiger charge is -2.07. The highest BCUT2D eigenvalue weighted by atomic mass is 15.3. The lowest BCUT2D eigenvalue weighted by molar-refractivity contribution is 0.632. The highest BCUT2D eigenvalue weighted by Crippen LogP contribution is 2.12. The van der Waals surface area contributed by atoms with E-state index in [0.29, 0.717) is 0 Å². The van der Waals surface area contributed by atoms with Crippen molar-refractivity contribution in [2.75, 3.05) is 6.54 Å². The Morgan fingerprint density at radius 1 is 1.15 bits per heavy atom. The standard InChI is InChI=1S/C16H24N4/c1-5-9-17-10-15-7-6-8-16(18-15)11-20-14(4)12(2)13(3)19-20/h6-8,17H,5,9-11H2,1-4H3. The molecule has 0 fully saturated rings. The fourth-order valence-electron chi connectivity index (χ4n) is 2.20. The van der Waals surface area contributed by atoms with E-state index in [1.54, 1.807) is 0 Å². The van der Waals surface area contributed by atoms with Gasteiger partial charge in [0.25, 0.3) is 0 Å². The van der Waals surface area contributed by atoms with Crippen molar-refractivity contribution in [2.45, 2.75) is 47.2 Å². The van der Waals surface area contributed by atoms with Crippen molar-refractivity contribution in [3.05, 3.63) is 46.5 Å². The van der Waals surface area contributed by atoms with Crippen molar-refractivity contribution in [3.8, 4) is 0 Å². The van der Waals surface area contributed by atoms with E-state index in [0.717, 1.165) is 43.1 Å². The molecule has 4 nitrogen and oxygen atoms in total. The van der Waals surface area contributed by atoms with Gasteiger partial charge in [-0.05, 0) is 51.4 Å². The molecule has 0 unspecified atom stereocenters. The molecule has 0 amide bonds. The van der Waals surface area contributed by atoms with E-state index in [1.165, 1.54) is 11.3 Å². The van der Waals surface area contributed by atoms with Crippen LogP contribution in [0.3, 0.4) is 0 Å². The molecule has 1 N–H and O–H groups in total. The van der Waals surface area contributed by atoms with Gasteiger partial charge in [-0.25, -0.2) is 0 Å². The Kier molecular flexibility index (Phi) is 4.90. The van der Waals surface area contributed by atoms with E-state index in [4.69, 9.17) is 4.98 Å². The summed E-state index contributed by atoms with van der Waals surface area (Å²) in [4.78, 5) is 4.70. The first-order valence-corrected chi connectivity index (χ1v) is 7.28. The van der Waals surface area contributed by atoms with E-state index >= 15 is 0 Å². The highest BCUT2D eigenvalue weighted by molar-refractivity contribution is 5.23. The molecule has 108 valence electrons. The van der Waals surface area contributed by atoms with Crippen molar-refractivity contribution >= 4 is 0 Å². The number of hydrogen-bond donors (Lipinski definition) is 1. The van der Waals surface area contributed by atoms with Crippen LogP contribution in [0.25, 0.3) is 0 Å². The summed E-state index contributed by atoms with van der Waals surface area (Å²) in [5.74, 6) is 0. The van der Waals surface area contributed by atoms with Crippen LogP contribution in [0, 0.1) is 20.8 Å². The van der Waals surface area contributed by atoms with Crippen LogP contribution in [0.1, 0.15) is 41.7 Å². The Morgan fingerprint density at radius 3 is 2.55 bits per heavy atom. The van der Waals surface area contributed by atoms with Crippen LogP contribution >= 0.6 is 0 Å². The average Bonchev–Trinajstić information content (AvgIpc) is 2.67. The highest BCUT2D eigenvalue weighted by Gasteiger charge is 2.08. The first kappa shape index (κ1) is 14.7. The predicted octanol–water partition coefficient (Wildman–Crippen LogP) is 2.75. The summed E-state index contributed by atoms with van der Waals surface area (Å²) in [7, 11) is 0. The van der Waals surface area contributed by atoms with Gasteiger partial charge in [-0.1, -0.05) is 13.0 Å². The van der Waals surface area contributed by atoms with Crippen molar-refractivity contribution < 1.29 is 0 Å². The first-order valence-electron chi connectivity index (χ1n) is 7.28. The van der Waals surface area contributed by atoms with Gasteiger partial charge in [0.2, 0.25) is 0 Å². The number of aromatic nitrogens is 3. The normalized spacial score (nSPS) is 11.0. The lowest BCUT2D eigenvalue weighted by atomic mass is 10.2. The Bertz CT molecular complexity index is 572. The Labute approximate surface area is 121 Å². The summed E-state index contributed by atoms with van der Waals surface area (Å²) in [5, 5.41) is 7.95. The van der Waals surface area contributed by atoms with Gasteiger partial charge < -0.3 is 5.32 Å². The molecule has 20 heavy (non-hydrogen) atoms. The molecule has 0 radical (unpaired) electrons. The van der Waals surface area contributed by atoms with Crippen LogP contribution in [0.15, 0.2) is 18.2 Å². The number of hydrogen-bond acceptors (Lipinski definition) is 3. The summed E-state index contributed by atoms with van der Waals surface area (Å²) in [5.41, 5.74) is 5.74. The number of rotatable bonds is 6. The molecule has 0 saturated heterocycles. The molecule has 0 atom stereocenters. The van der Waals surface area contributed by atoms with Gasteiger partial charge in [0.1, 0.15) is 0 Å². The SMILES string of the molecule is CCCNCc1cccc(Cn2nc(C)c(C)c2C)n1. The summed E-state index contributed by atoms with van der Waals surface area (Å²) in [6.45, 7) is 11.1. The molecule has 0 saturated carbocycles. The maximum absolute atomic E-state index is 4.70. The third kappa shape index (κ3) is 3.45. The number of nitrogens with one attached hydrogen (secondary N) is 1. The van der Waals surface area contributed by atoms with E-state index < -0.39 is 0 Å². The molecule has 0 aliphatic rings. The largest absolute Gasteiger partial charge is 0.311 e. The zero-order valence-electron chi connectivity index (χ0n) is 12.9. The molecule has 2 heterocycles. The monoisotopic (exact) mass is 272 g/mol. The van der Waals surface area contributed by atoms with Crippen LogP contribution in [0.4, 0.5) is 0 Å². The molecule has 2 aromatic heterocycles. The van der Waals surface area contributed by atoms with E-state index in [-0.39, 0.29) is 0 Å². The van der Waals surface area contributed by atoms with Crippen molar-refractivity contribution in [3.63, 3.8) is 0 Å². The van der Waals surface area contributed by atoms with Gasteiger partial charge in [0, 0.05) is 12.2 Å². The summed E-state index contributed by atoms with van der Waals surface area (Å²) >= 11 is 0. The minimum absolute atomic E-state index is 0.738. The van der Waals surface area contributed by atoms with Crippen LogP contribution in [0.5, 0.6) is 0 Å². The van der Waals surface area contributed by atoms with Gasteiger partial charge in [-0.2, -0.15) is 5.10 Å². The number of aryl methyl sites for hydroxylation is 1. The van der Waals surface area contributed by atoms with E-state index in [2.05, 4.69) is 56.3 Å². The molecule has 0 aliphatic carbocycles. The minimum Gasteiger partial charge on any atom is -0.311 e. The topological polar surface area (TPSA) is 42.7 Å². The quantitative estimate of drug-likeness (QED) is 0.822. The average molecular weight is 272 g/mol. The van der Waals surface area contributed by atoms with E-state index in [1.807, 2.05) is 4.68 Å².